The third kappa shape index (κ3) is 6.26. The number of hydrogen-bond acceptors (Lipinski definition) is 4. The molecular weight excluding hydrogens is 524 g/mol. The Hall–Kier alpha value is -4.75. The van der Waals surface area contributed by atoms with Gasteiger partial charge in [0.2, 0.25) is 5.91 Å². The Morgan fingerprint density at radius 3 is 2.33 bits per heavy atom. The number of imidazole rings is 1. The van der Waals surface area contributed by atoms with Crippen molar-refractivity contribution in [2.45, 2.75) is 44.2 Å². The molecule has 7 nitrogen and oxygen atoms in total. The van der Waals surface area contributed by atoms with Crippen molar-refractivity contribution in [3.63, 3.8) is 0 Å². The predicted molar refractivity (Wildman–Crippen MR) is 163 cm³/mol. The van der Waals surface area contributed by atoms with Crippen molar-refractivity contribution in [1.29, 1.82) is 0 Å². The zero-order valence-corrected chi connectivity index (χ0v) is 23.4. The van der Waals surface area contributed by atoms with Crippen LogP contribution in [0.4, 0.5) is 0 Å². The van der Waals surface area contributed by atoms with Gasteiger partial charge in [-0.15, -0.1) is 0 Å². The van der Waals surface area contributed by atoms with Crippen molar-refractivity contribution in [3.8, 4) is 11.1 Å². The van der Waals surface area contributed by atoms with Crippen molar-refractivity contribution in [2.24, 2.45) is 5.92 Å². The van der Waals surface area contributed by atoms with Gasteiger partial charge in [-0.3, -0.25) is 14.4 Å². The highest BCUT2D eigenvalue weighted by Gasteiger charge is 2.58. The first kappa shape index (κ1) is 27.4. The van der Waals surface area contributed by atoms with Gasteiger partial charge < -0.3 is 10.3 Å². The monoisotopic (exact) mass is 558 g/mol. The van der Waals surface area contributed by atoms with Crippen molar-refractivity contribution in [2.75, 3.05) is 0 Å². The average molecular weight is 559 g/mol. The minimum atomic E-state index is -0.570. The Morgan fingerprint density at radius 2 is 1.57 bits per heavy atom. The van der Waals surface area contributed by atoms with Gasteiger partial charge >= 0.3 is 0 Å². The van der Waals surface area contributed by atoms with Crippen LogP contribution in [0.3, 0.4) is 0 Å². The molecule has 0 saturated heterocycles. The van der Waals surface area contributed by atoms with Gasteiger partial charge in [0, 0.05) is 12.0 Å². The highest BCUT2D eigenvalue weighted by atomic mass is 16.6. The molecule has 42 heavy (non-hydrogen) atoms. The molecule has 0 bridgehead atoms. The summed E-state index contributed by atoms with van der Waals surface area (Å²) in [7, 11) is 0. The number of unbranched alkanes of at least 4 members (excludes halogenated alkanes) is 1. The smallest absolute Gasteiger partial charge is 0.252 e. The number of carbonyl (C=O) groups is 2. The van der Waals surface area contributed by atoms with E-state index in [2.05, 4.69) is 40.0 Å². The number of fused-ring (bicyclic) bond motifs is 1. The zero-order valence-electron chi connectivity index (χ0n) is 23.4. The summed E-state index contributed by atoms with van der Waals surface area (Å²) < 4.78 is 0. The number of benzene rings is 4. The van der Waals surface area contributed by atoms with Crippen LogP contribution in [0.25, 0.3) is 22.2 Å². The predicted octanol–water partition coefficient (Wildman–Crippen LogP) is 6.68. The summed E-state index contributed by atoms with van der Waals surface area (Å²) in [4.78, 5) is 39.4. The second-order valence-corrected chi connectivity index (χ2v) is 10.9. The summed E-state index contributed by atoms with van der Waals surface area (Å²) in [5, 5.41) is 3.32. The third-order valence-corrected chi connectivity index (χ3v) is 7.96. The molecule has 1 aromatic heterocycles. The highest BCUT2D eigenvalue weighted by molar-refractivity contribution is 5.95. The summed E-state index contributed by atoms with van der Waals surface area (Å²) in [6.45, 7) is 0.336. The minimum Gasteiger partial charge on any atom is -0.340 e. The van der Waals surface area contributed by atoms with Gasteiger partial charge in [-0.05, 0) is 66.1 Å². The van der Waals surface area contributed by atoms with Crippen LogP contribution in [-0.2, 0) is 21.8 Å². The van der Waals surface area contributed by atoms with Crippen LogP contribution in [0.1, 0.15) is 53.8 Å². The van der Waals surface area contributed by atoms with E-state index in [-0.39, 0.29) is 17.7 Å². The molecular formula is C35H34N4O3. The number of amides is 2. The van der Waals surface area contributed by atoms with E-state index in [0.29, 0.717) is 18.6 Å². The molecule has 3 N–H and O–H groups in total. The quantitative estimate of drug-likeness (QED) is 0.118. The highest BCUT2D eigenvalue weighted by Crippen LogP contribution is 2.54. The van der Waals surface area contributed by atoms with Crippen molar-refractivity contribution < 1.29 is 14.4 Å². The van der Waals surface area contributed by atoms with Crippen molar-refractivity contribution in [1.82, 2.24) is 20.8 Å². The van der Waals surface area contributed by atoms with Gasteiger partial charge in [0.05, 0.1) is 17.6 Å². The lowest BCUT2D eigenvalue weighted by Crippen LogP contribution is -2.37. The molecule has 7 heteroatoms. The lowest BCUT2D eigenvalue weighted by molar-refractivity contribution is -0.134. The molecule has 1 aliphatic carbocycles. The summed E-state index contributed by atoms with van der Waals surface area (Å²) in [5.41, 5.74) is 7.66. The van der Waals surface area contributed by atoms with E-state index in [0.717, 1.165) is 59.2 Å². The van der Waals surface area contributed by atoms with Gasteiger partial charge in [-0.2, -0.15) is 0 Å². The molecule has 0 spiro atoms. The molecule has 1 saturated carbocycles. The van der Waals surface area contributed by atoms with Crippen LogP contribution in [0.15, 0.2) is 109 Å². The molecule has 1 heterocycles. The first-order chi connectivity index (χ1) is 20.6. The third-order valence-electron chi connectivity index (χ3n) is 7.96. The fourth-order valence-corrected chi connectivity index (χ4v) is 5.58. The van der Waals surface area contributed by atoms with Crippen LogP contribution in [0, 0.1) is 5.92 Å². The Labute approximate surface area is 245 Å². The fourth-order valence-electron chi connectivity index (χ4n) is 5.58. The first-order valence-corrected chi connectivity index (χ1v) is 14.5. The van der Waals surface area contributed by atoms with Crippen molar-refractivity contribution >= 4 is 22.8 Å². The minimum absolute atomic E-state index is 0.113. The standard InChI is InChI=1S/C35H34N4O3/c40-32(39-42-24-25-12-4-1-5-13-25)19-11-10-18-29-23-35(29,38-33(41)27-16-8-3-9-17-27)34-36-30-21-20-28(22-31(30)37-34)26-14-6-2-7-15-26/h1-9,12-17,20-22,29H,10-11,18-19,23-24H2,(H,36,37)(H,38,41)(H,39,40). The fraction of sp³-hybridized carbons (Fsp3) is 0.229. The van der Waals surface area contributed by atoms with Crippen LogP contribution in [-0.4, -0.2) is 21.8 Å². The molecule has 6 rings (SSSR count). The Bertz CT molecular complexity index is 1650. The molecule has 0 radical (unpaired) electrons. The van der Waals surface area contributed by atoms with Gasteiger partial charge in [0.25, 0.3) is 5.91 Å². The van der Waals surface area contributed by atoms with E-state index in [4.69, 9.17) is 9.82 Å². The SMILES string of the molecule is O=C(CCCCC1CC1(NC(=O)c1ccccc1)c1nc2ccc(-c3ccccc3)cc2[nH]1)NOCc1ccccc1. The van der Waals surface area contributed by atoms with E-state index in [1.165, 1.54) is 0 Å². The van der Waals surface area contributed by atoms with Crippen LogP contribution in [0.5, 0.6) is 0 Å². The first-order valence-electron chi connectivity index (χ1n) is 14.5. The summed E-state index contributed by atoms with van der Waals surface area (Å²) >= 11 is 0. The number of rotatable bonds is 12. The molecule has 5 aromatic rings. The number of hydrogen-bond donors (Lipinski definition) is 3. The summed E-state index contributed by atoms with van der Waals surface area (Å²) in [5.74, 6) is 0.760. The summed E-state index contributed by atoms with van der Waals surface area (Å²) in [6.07, 6.45) is 3.65. The van der Waals surface area contributed by atoms with E-state index >= 15 is 0 Å². The number of H-pyrrole nitrogens is 1. The van der Waals surface area contributed by atoms with Crippen LogP contribution in [0.2, 0.25) is 0 Å². The lowest BCUT2D eigenvalue weighted by Gasteiger charge is -2.18. The Kier molecular flexibility index (Phi) is 8.10. The van der Waals surface area contributed by atoms with Gasteiger partial charge in [-0.1, -0.05) is 91.3 Å². The molecule has 212 valence electrons. The molecule has 1 fully saturated rings. The Balaban J connectivity index is 1.11. The number of aromatic nitrogens is 2. The second-order valence-electron chi connectivity index (χ2n) is 10.9. The average Bonchev–Trinajstić information content (AvgIpc) is 3.55. The number of carbonyl (C=O) groups excluding carboxylic acids is 2. The van der Waals surface area contributed by atoms with E-state index < -0.39 is 5.54 Å². The van der Waals surface area contributed by atoms with E-state index in [1.54, 1.807) is 0 Å². The number of hydroxylamine groups is 1. The number of aromatic amines is 1. The van der Waals surface area contributed by atoms with Gasteiger partial charge in [0.1, 0.15) is 11.4 Å². The maximum Gasteiger partial charge on any atom is 0.252 e. The topological polar surface area (TPSA) is 96.1 Å². The molecule has 2 amide bonds. The molecule has 1 aliphatic rings. The number of nitrogens with one attached hydrogen (secondary N) is 3. The lowest BCUT2D eigenvalue weighted by atomic mass is 10.1. The molecule has 2 unspecified atom stereocenters. The normalized spacial score (nSPS) is 17.6. The Morgan fingerprint density at radius 1 is 0.857 bits per heavy atom. The maximum absolute atomic E-state index is 13.3. The summed E-state index contributed by atoms with van der Waals surface area (Å²) in [6, 6.07) is 35.5. The maximum atomic E-state index is 13.3. The van der Waals surface area contributed by atoms with E-state index in [9.17, 15) is 9.59 Å². The largest absolute Gasteiger partial charge is 0.340 e. The molecule has 2 atom stereocenters. The van der Waals surface area contributed by atoms with Crippen LogP contribution >= 0.6 is 0 Å². The van der Waals surface area contributed by atoms with Gasteiger partial charge in [-0.25, -0.2) is 10.5 Å². The number of nitrogens with zero attached hydrogens (tertiary/aromatic N) is 1. The van der Waals surface area contributed by atoms with Gasteiger partial charge in [0.15, 0.2) is 0 Å². The molecule has 0 aliphatic heterocycles. The van der Waals surface area contributed by atoms with E-state index in [1.807, 2.05) is 84.9 Å². The second kappa shape index (κ2) is 12.4. The van der Waals surface area contributed by atoms with Crippen molar-refractivity contribution in [3.05, 3.63) is 126 Å². The van der Waals surface area contributed by atoms with Crippen LogP contribution < -0.4 is 10.8 Å². The zero-order chi connectivity index (χ0) is 28.8. The molecule has 4 aromatic carbocycles.